The molecule has 0 aliphatic carbocycles. The van der Waals surface area contributed by atoms with E-state index in [1.54, 1.807) is 0 Å². The van der Waals surface area contributed by atoms with Gasteiger partial charge in [-0.2, -0.15) is 0 Å². The lowest BCUT2D eigenvalue weighted by atomic mass is 10.0. The number of carbonyl (C=O) groups excluding carboxylic acids is 2. The van der Waals surface area contributed by atoms with E-state index in [1.165, 1.54) is 276 Å². The maximum atomic E-state index is 12.8. The molecular weight excluding hydrogens is 1220 g/mol. The molecule has 0 fully saturated rings. The number of ether oxygens (including phenoxy) is 2. The van der Waals surface area contributed by atoms with E-state index < -0.39 is 26.5 Å². The van der Waals surface area contributed by atoms with Crippen LogP contribution in [0.1, 0.15) is 399 Å². The second kappa shape index (κ2) is 81.6. The fourth-order valence-corrected chi connectivity index (χ4v) is 12.8. The molecule has 0 spiro atoms. The molecule has 0 saturated heterocycles. The van der Waals surface area contributed by atoms with Crippen molar-refractivity contribution in [2.75, 3.05) is 26.4 Å². The van der Waals surface area contributed by atoms with E-state index in [-0.39, 0.29) is 38.6 Å². The predicted molar refractivity (Wildman–Crippen MR) is 422 cm³/mol. The van der Waals surface area contributed by atoms with E-state index in [0.717, 1.165) is 89.9 Å². The number of phosphoric acid groups is 1. The molecule has 0 aliphatic heterocycles. The normalized spacial score (nSPS) is 13.4. The van der Waals surface area contributed by atoms with Crippen LogP contribution >= 0.6 is 7.82 Å². The van der Waals surface area contributed by atoms with Crippen LogP contribution in [0.25, 0.3) is 0 Å². The van der Waals surface area contributed by atoms with Crippen LogP contribution in [-0.4, -0.2) is 49.3 Å². The van der Waals surface area contributed by atoms with Crippen molar-refractivity contribution in [1.82, 2.24) is 0 Å². The van der Waals surface area contributed by atoms with Crippen molar-refractivity contribution >= 4 is 19.8 Å². The molecule has 0 aromatic carbocycles. The molecule has 97 heavy (non-hydrogen) atoms. The molecular formula is C87H156NO8P. The molecule has 0 aromatic rings. The minimum atomic E-state index is -4.40. The van der Waals surface area contributed by atoms with E-state index >= 15 is 0 Å². The molecule has 0 rings (SSSR count). The van der Waals surface area contributed by atoms with Crippen LogP contribution in [0.2, 0.25) is 0 Å². The lowest BCUT2D eigenvalue weighted by Gasteiger charge is -2.19. The summed E-state index contributed by atoms with van der Waals surface area (Å²) in [6, 6.07) is 0. The standard InChI is InChI=1S/C87H156NO8P/c1-3-5-7-9-11-13-15-17-19-21-23-25-27-29-31-33-35-37-39-41-42-44-46-48-50-52-54-56-58-60-62-64-66-68-70-72-74-76-78-80-87(90)96-85(84-95-97(91,92)94-82-81-88)83-93-86(89)79-77-75-73-71-69-67-65-63-61-59-57-55-53-51-49-47-45-43-40-38-36-34-32-30-28-26-24-22-20-18-16-14-12-10-8-6-4-2/h5,7,11,13,16-19,22-25,28-31,35,37,85H,3-4,6,8-10,12,14-15,20-21,26-27,32-34,36,38-84,88H2,1-2H3,(H,91,92)/b7-5-,13-11-,18-16-,19-17-,24-22-,25-23-,30-28-,31-29-,37-35-. The SMILES string of the molecule is CC/C=C\C/C=C\C/C=C\C/C=C\C/C=C\C/C=C\CCCCCCCCCCCCCCCCCCCCCCC(=O)OC(COC(=O)CCCCCCCCCCCCCCCCCCCCCCCC/C=C\C/C=C\C/C=C\CCCCCCC)COP(=O)(O)OCCN. The van der Waals surface area contributed by atoms with Gasteiger partial charge in [0.1, 0.15) is 6.61 Å². The Morgan fingerprint density at radius 3 is 0.845 bits per heavy atom. The molecule has 0 aliphatic rings. The van der Waals surface area contributed by atoms with Crippen LogP contribution in [-0.2, 0) is 32.7 Å². The number of hydrogen-bond donors (Lipinski definition) is 2. The first-order chi connectivity index (χ1) is 47.8. The van der Waals surface area contributed by atoms with Crippen molar-refractivity contribution in [2.45, 2.75) is 405 Å². The Hall–Kier alpha value is -3.33. The van der Waals surface area contributed by atoms with Gasteiger partial charge in [-0.05, 0) is 103 Å². The summed E-state index contributed by atoms with van der Waals surface area (Å²) in [4.78, 5) is 35.5. The number of esters is 2. The van der Waals surface area contributed by atoms with Gasteiger partial charge in [-0.1, -0.05) is 393 Å². The van der Waals surface area contributed by atoms with Crippen molar-refractivity contribution in [3.05, 3.63) is 109 Å². The summed E-state index contributed by atoms with van der Waals surface area (Å²) >= 11 is 0. The molecule has 3 N–H and O–H groups in total. The summed E-state index contributed by atoms with van der Waals surface area (Å²) in [5.74, 6) is -0.809. The van der Waals surface area contributed by atoms with Gasteiger partial charge in [0.05, 0.1) is 13.2 Å². The molecule has 0 amide bonds. The Bertz CT molecular complexity index is 1970. The molecule has 9 nitrogen and oxygen atoms in total. The van der Waals surface area contributed by atoms with Crippen LogP contribution in [0.3, 0.4) is 0 Å². The maximum absolute atomic E-state index is 12.8. The van der Waals surface area contributed by atoms with Crippen LogP contribution in [0.4, 0.5) is 0 Å². The predicted octanol–water partition coefficient (Wildman–Crippen LogP) is 28.0. The minimum Gasteiger partial charge on any atom is -0.462 e. The number of carbonyl (C=O) groups is 2. The van der Waals surface area contributed by atoms with E-state index in [9.17, 15) is 19.0 Å². The average Bonchev–Trinajstić information content (AvgIpc) is 2.88. The summed E-state index contributed by atoms with van der Waals surface area (Å²) in [6.45, 7) is 3.67. The van der Waals surface area contributed by atoms with Crippen LogP contribution < -0.4 is 5.73 Å². The monoisotopic (exact) mass is 1370 g/mol. The topological polar surface area (TPSA) is 134 Å². The summed E-state index contributed by atoms with van der Waals surface area (Å²) in [5, 5.41) is 0. The second-order valence-electron chi connectivity index (χ2n) is 27.6. The molecule has 562 valence electrons. The van der Waals surface area contributed by atoms with Gasteiger partial charge in [-0.3, -0.25) is 18.6 Å². The highest BCUT2D eigenvalue weighted by molar-refractivity contribution is 7.47. The van der Waals surface area contributed by atoms with Gasteiger partial charge in [0.15, 0.2) is 6.10 Å². The fourth-order valence-electron chi connectivity index (χ4n) is 12.1. The Balaban J connectivity index is 3.77. The van der Waals surface area contributed by atoms with Gasteiger partial charge in [-0.25, -0.2) is 4.57 Å². The van der Waals surface area contributed by atoms with E-state index in [1.807, 2.05) is 0 Å². The molecule has 0 bridgehead atoms. The van der Waals surface area contributed by atoms with Gasteiger partial charge < -0.3 is 20.1 Å². The minimum absolute atomic E-state index is 0.0531. The third kappa shape index (κ3) is 81.5. The molecule has 2 atom stereocenters. The summed E-state index contributed by atoms with van der Waals surface area (Å²) < 4.78 is 33.3. The first-order valence-electron chi connectivity index (χ1n) is 41.4. The Morgan fingerprint density at radius 2 is 0.567 bits per heavy atom. The number of rotatable bonds is 78. The summed E-state index contributed by atoms with van der Waals surface area (Å²) in [7, 11) is -4.40. The number of nitrogens with two attached hydrogens (primary N) is 1. The Labute approximate surface area is 600 Å². The zero-order valence-electron chi connectivity index (χ0n) is 63.6. The fraction of sp³-hybridized carbons (Fsp3) is 0.770. The Kier molecular flexibility index (Phi) is 78.8. The van der Waals surface area contributed by atoms with Crippen LogP contribution in [0.15, 0.2) is 109 Å². The van der Waals surface area contributed by atoms with Gasteiger partial charge in [0.25, 0.3) is 0 Å². The maximum Gasteiger partial charge on any atom is 0.472 e. The smallest absolute Gasteiger partial charge is 0.462 e. The van der Waals surface area contributed by atoms with Crippen molar-refractivity contribution in [1.29, 1.82) is 0 Å². The average molecular weight is 1380 g/mol. The van der Waals surface area contributed by atoms with E-state index in [4.69, 9.17) is 24.3 Å². The van der Waals surface area contributed by atoms with E-state index in [2.05, 4.69) is 123 Å². The number of allylic oxidation sites excluding steroid dienone is 18. The highest BCUT2D eigenvalue weighted by Crippen LogP contribution is 2.43. The van der Waals surface area contributed by atoms with Crippen LogP contribution in [0.5, 0.6) is 0 Å². The van der Waals surface area contributed by atoms with Gasteiger partial charge in [-0.15, -0.1) is 0 Å². The van der Waals surface area contributed by atoms with E-state index in [0.29, 0.717) is 6.42 Å². The first-order valence-corrected chi connectivity index (χ1v) is 42.9. The zero-order valence-corrected chi connectivity index (χ0v) is 64.4. The van der Waals surface area contributed by atoms with Gasteiger partial charge >= 0.3 is 19.8 Å². The molecule has 0 radical (unpaired) electrons. The lowest BCUT2D eigenvalue weighted by molar-refractivity contribution is -0.161. The molecule has 0 heterocycles. The van der Waals surface area contributed by atoms with Crippen LogP contribution in [0, 0.1) is 0 Å². The summed E-state index contributed by atoms with van der Waals surface area (Å²) in [6.07, 6.45) is 114. The van der Waals surface area contributed by atoms with Gasteiger partial charge in [0, 0.05) is 19.4 Å². The Morgan fingerprint density at radius 1 is 0.320 bits per heavy atom. The molecule has 0 saturated carbocycles. The van der Waals surface area contributed by atoms with Crippen molar-refractivity contribution < 1.29 is 37.6 Å². The number of hydrogen-bond acceptors (Lipinski definition) is 8. The third-order valence-electron chi connectivity index (χ3n) is 18.1. The van der Waals surface area contributed by atoms with Crippen molar-refractivity contribution in [3.8, 4) is 0 Å². The lowest BCUT2D eigenvalue weighted by Crippen LogP contribution is -2.29. The first kappa shape index (κ1) is 93.7. The summed E-state index contributed by atoms with van der Waals surface area (Å²) in [5.41, 5.74) is 5.42. The van der Waals surface area contributed by atoms with Crippen molar-refractivity contribution in [3.63, 3.8) is 0 Å². The number of unbranched alkanes of at least 4 members (excludes halogenated alkanes) is 47. The molecule has 10 heteroatoms. The van der Waals surface area contributed by atoms with Gasteiger partial charge in [0.2, 0.25) is 0 Å². The second-order valence-corrected chi connectivity index (χ2v) is 29.1. The largest absolute Gasteiger partial charge is 0.472 e. The molecule has 2 unspecified atom stereocenters. The third-order valence-corrected chi connectivity index (χ3v) is 19.1. The molecule has 0 aromatic heterocycles. The van der Waals surface area contributed by atoms with Crippen molar-refractivity contribution in [2.24, 2.45) is 5.73 Å². The number of phosphoric ester groups is 1. The zero-order chi connectivity index (χ0) is 70.0. The highest BCUT2D eigenvalue weighted by Gasteiger charge is 2.26. The quantitative estimate of drug-likeness (QED) is 0.0264. The highest BCUT2D eigenvalue weighted by atomic mass is 31.2.